The maximum absolute atomic E-state index is 14.9. The summed E-state index contributed by atoms with van der Waals surface area (Å²) in [6.45, 7) is 2.25. The molecule has 1 saturated heterocycles. The minimum atomic E-state index is -1.71. The fourth-order valence-electron chi connectivity index (χ4n) is 7.80. The molecule has 9 rings (SSSR count). The highest BCUT2D eigenvalue weighted by Crippen LogP contribution is 2.47. The zero-order chi connectivity index (χ0) is 36.4. The van der Waals surface area contributed by atoms with Crippen LogP contribution in [0.1, 0.15) is 15.2 Å². The Morgan fingerprint density at radius 3 is 2.60 bits per heavy atom. The van der Waals surface area contributed by atoms with Crippen molar-refractivity contribution < 1.29 is 23.4 Å². The van der Waals surface area contributed by atoms with Gasteiger partial charge in [0.05, 0.1) is 34.9 Å². The van der Waals surface area contributed by atoms with E-state index in [1.165, 1.54) is 28.0 Å². The molecule has 1 amide bonds. The Bertz CT molecular complexity index is 2410. The number of nitrogens with one attached hydrogen (secondary N) is 1. The van der Waals surface area contributed by atoms with Crippen LogP contribution >= 0.6 is 11.3 Å². The number of nitrogen functional groups attached to an aromatic ring is 1. The summed E-state index contributed by atoms with van der Waals surface area (Å²) in [5.74, 6) is -1.11. The highest BCUT2D eigenvalue weighted by atomic mass is 32.1. The van der Waals surface area contributed by atoms with E-state index in [4.69, 9.17) is 10.5 Å². The number of β-amino-alcohol motifs (C(OH)–C–C–N with tert-alkyl or cyclic N) is 1. The molecular formula is C37H33F2N9O4S. The van der Waals surface area contributed by atoms with Gasteiger partial charge in [-0.3, -0.25) is 19.1 Å². The second-order valence-corrected chi connectivity index (χ2v) is 14.7. The summed E-state index contributed by atoms with van der Waals surface area (Å²) in [5, 5.41) is 19.0. The molecule has 0 spiro atoms. The van der Waals surface area contributed by atoms with Crippen molar-refractivity contribution in [1.82, 2.24) is 34.5 Å². The largest absolute Gasteiger partial charge is 0.490 e. The zero-order valence-corrected chi connectivity index (χ0v) is 28.9. The zero-order valence-electron chi connectivity index (χ0n) is 28.1. The first-order chi connectivity index (χ1) is 25.6. The Balaban J connectivity index is 0.927. The number of hydrogen-bond donors (Lipinski definition) is 3. The van der Waals surface area contributed by atoms with Gasteiger partial charge >= 0.3 is 0 Å². The van der Waals surface area contributed by atoms with Gasteiger partial charge < -0.3 is 25.8 Å². The normalized spacial score (nSPS) is 20.4. The maximum atomic E-state index is 14.9. The molecule has 16 heteroatoms. The van der Waals surface area contributed by atoms with Gasteiger partial charge in [0.15, 0.2) is 5.82 Å². The number of carbonyl (C=O) groups is 1. The number of benzene rings is 3. The molecule has 0 bridgehead atoms. The van der Waals surface area contributed by atoms with Crippen LogP contribution in [0.5, 0.6) is 5.75 Å². The van der Waals surface area contributed by atoms with Gasteiger partial charge in [0.2, 0.25) is 0 Å². The molecule has 5 heterocycles. The number of hydrogen-bond acceptors (Lipinski definition) is 11. The highest BCUT2D eigenvalue weighted by Gasteiger charge is 2.57. The molecule has 3 aliphatic rings. The molecule has 2 aliphatic heterocycles. The monoisotopic (exact) mass is 737 g/mol. The lowest BCUT2D eigenvalue weighted by Gasteiger charge is -2.34. The first kappa shape index (κ1) is 33.1. The number of ether oxygens (including phenoxy) is 1. The molecule has 4 N–H and O–H groups in total. The molecule has 1 aliphatic carbocycles. The summed E-state index contributed by atoms with van der Waals surface area (Å²) < 4.78 is 37.5. The fourth-order valence-corrected chi connectivity index (χ4v) is 8.73. The van der Waals surface area contributed by atoms with E-state index in [0.717, 1.165) is 34.8 Å². The smallest absolute Gasteiger partial charge is 0.298 e. The number of thiophene rings is 1. The van der Waals surface area contributed by atoms with Crippen LogP contribution in [0, 0.1) is 23.5 Å². The third-order valence-corrected chi connectivity index (χ3v) is 11.3. The van der Waals surface area contributed by atoms with Crippen molar-refractivity contribution in [3.05, 3.63) is 118 Å². The van der Waals surface area contributed by atoms with Crippen molar-refractivity contribution in [3.8, 4) is 11.4 Å². The Hall–Kier alpha value is -5.71. The van der Waals surface area contributed by atoms with Gasteiger partial charge in [0, 0.05) is 43.0 Å². The fraction of sp³-hybridized carbons (Fsp3) is 0.270. The van der Waals surface area contributed by atoms with Gasteiger partial charge in [-0.05, 0) is 54.3 Å². The topological polar surface area (TPSA) is 157 Å². The molecule has 2 unspecified atom stereocenters. The summed E-state index contributed by atoms with van der Waals surface area (Å²) in [5.41, 5.74) is 6.70. The Kier molecular flexibility index (Phi) is 7.98. The molecule has 53 heavy (non-hydrogen) atoms. The summed E-state index contributed by atoms with van der Waals surface area (Å²) in [7, 11) is 0. The molecule has 270 valence electrons. The molecule has 13 nitrogen and oxygen atoms in total. The number of anilines is 3. The average molecular weight is 738 g/mol. The Labute approximate surface area is 304 Å². The first-order valence-corrected chi connectivity index (χ1v) is 17.9. The maximum Gasteiger partial charge on any atom is 0.298 e. The summed E-state index contributed by atoms with van der Waals surface area (Å²) in [6.07, 6.45) is 2.75. The minimum Gasteiger partial charge on any atom is -0.490 e. The Morgan fingerprint density at radius 1 is 1.04 bits per heavy atom. The van der Waals surface area contributed by atoms with Gasteiger partial charge in [-0.2, -0.15) is 5.10 Å². The van der Waals surface area contributed by atoms with Crippen LogP contribution in [-0.4, -0.2) is 79.1 Å². The van der Waals surface area contributed by atoms with Crippen molar-refractivity contribution in [2.75, 3.05) is 43.4 Å². The number of carbonyl (C=O) groups excluding carboxylic acids is 1. The third kappa shape index (κ3) is 5.97. The number of nitrogens with zero attached hydrogens (tertiary/aromatic N) is 7. The van der Waals surface area contributed by atoms with Crippen LogP contribution in [0.25, 0.3) is 16.0 Å². The number of likely N-dealkylation sites (tertiary alicyclic amines) is 1. The number of fused-ring (bicyclic) bond motifs is 3. The van der Waals surface area contributed by atoms with Crippen LogP contribution in [0.3, 0.4) is 0 Å². The standard InChI is InChI=1S/C37H33F2N9O4S/c38-21-6-8-26(27(39)12-21)37(51,18-46-20-41-19-42-46)17-45-15-24-25(16-45)32(24)43-34(49)31-14-29-35(53-31)44-33(40)36(50)48(29)23-7-9-30-28(13-23)47(10-11-52-30)22-4-2-1-3-5-22/h1-9,12-14,19-20,24-25,32,51H,10-11,15-18H2,(H2,40,44)(H,43,49)/t24-,25+,32?,37?. The molecule has 1 saturated carbocycles. The number of aromatic nitrogens is 5. The van der Waals surface area contributed by atoms with Crippen LogP contribution in [0.4, 0.5) is 26.0 Å². The van der Waals surface area contributed by atoms with Crippen molar-refractivity contribution >= 4 is 44.8 Å². The van der Waals surface area contributed by atoms with Gasteiger partial charge in [-0.1, -0.05) is 24.3 Å². The second-order valence-electron chi connectivity index (χ2n) is 13.7. The second kappa shape index (κ2) is 12.8. The van der Waals surface area contributed by atoms with E-state index in [2.05, 4.69) is 25.3 Å². The van der Waals surface area contributed by atoms with E-state index in [-0.39, 0.29) is 48.3 Å². The third-order valence-electron chi connectivity index (χ3n) is 10.3. The van der Waals surface area contributed by atoms with E-state index in [1.807, 2.05) is 47.4 Å². The molecular weight excluding hydrogens is 705 g/mol. The summed E-state index contributed by atoms with van der Waals surface area (Å²) >= 11 is 1.15. The molecule has 3 aromatic carbocycles. The van der Waals surface area contributed by atoms with Crippen LogP contribution in [0.2, 0.25) is 0 Å². The number of piperidine rings is 1. The van der Waals surface area contributed by atoms with Crippen molar-refractivity contribution in [2.45, 2.75) is 18.2 Å². The average Bonchev–Trinajstić information content (AvgIpc) is 3.63. The predicted molar refractivity (Wildman–Crippen MR) is 194 cm³/mol. The molecule has 2 fully saturated rings. The summed E-state index contributed by atoms with van der Waals surface area (Å²) in [4.78, 5) is 40.4. The highest BCUT2D eigenvalue weighted by molar-refractivity contribution is 7.20. The Morgan fingerprint density at radius 2 is 1.85 bits per heavy atom. The van der Waals surface area contributed by atoms with Gasteiger partial charge in [-0.15, -0.1) is 11.3 Å². The van der Waals surface area contributed by atoms with Crippen LogP contribution < -0.4 is 26.2 Å². The first-order valence-electron chi connectivity index (χ1n) is 17.1. The van der Waals surface area contributed by atoms with E-state index < -0.39 is 22.8 Å². The number of para-hydroxylation sites is 1. The van der Waals surface area contributed by atoms with Crippen molar-refractivity contribution in [1.29, 1.82) is 0 Å². The quantitative estimate of drug-likeness (QED) is 0.200. The van der Waals surface area contributed by atoms with Gasteiger partial charge in [0.1, 0.15) is 47.1 Å². The van der Waals surface area contributed by atoms with Crippen molar-refractivity contribution in [2.24, 2.45) is 11.8 Å². The van der Waals surface area contributed by atoms with Crippen molar-refractivity contribution in [3.63, 3.8) is 0 Å². The van der Waals surface area contributed by atoms with Gasteiger partial charge in [-0.25, -0.2) is 23.4 Å². The lowest BCUT2D eigenvalue weighted by Crippen LogP contribution is -2.46. The molecule has 6 aromatic rings. The van der Waals surface area contributed by atoms with E-state index in [1.54, 1.807) is 12.1 Å². The van der Waals surface area contributed by atoms with Crippen LogP contribution in [-0.2, 0) is 12.1 Å². The van der Waals surface area contributed by atoms with E-state index in [9.17, 15) is 23.5 Å². The van der Waals surface area contributed by atoms with Gasteiger partial charge in [0.25, 0.3) is 11.5 Å². The minimum absolute atomic E-state index is 0.0328. The SMILES string of the molecule is Nc1nc2sc(C(=O)NC3[C@H]4CN(CC(O)(Cn5cncn5)c5ccc(F)cc5F)C[C@@H]34)cc2n(-c2ccc3c(c2)N(c2ccccc2)CCO3)c1=O. The van der Waals surface area contributed by atoms with E-state index >= 15 is 0 Å². The number of rotatable bonds is 9. The van der Waals surface area contributed by atoms with E-state index in [0.29, 0.717) is 52.9 Å². The number of halogens is 2. The molecule has 4 atom stereocenters. The number of aliphatic hydroxyl groups is 1. The molecule has 0 radical (unpaired) electrons. The van der Waals surface area contributed by atoms with Crippen LogP contribution in [0.15, 0.2) is 90.2 Å². The lowest BCUT2D eigenvalue weighted by molar-refractivity contribution is -0.0193. The lowest BCUT2D eigenvalue weighted by atomic mass is 9.92. The molecule has 3 aromatic heterocycles. The predicted octanol–water partition coefficient (Wildman–Crippen LogP) is 3.68. The number of nitrogens with two attached hydrogens (primary N) is 1. The number of amides is 1. The summed E-state index contributed by atoms with van der Waals surface area (Å²) in [6, 6.07) is 20.1.